The molecule has 2 aromatic rings. The maximum absolute atomic E-state index is 12.2. The van der Waals surface area contributed by atoms with Crippen LogP contribution in [0.3, 0.4) is 0 Å². The first-order chi connectivity index (χ1) is 12.5. The largest absolute Gasteiger partial charge is 0.489 e. The summed E-state index contributed by atoms with van der Waals surface area (Å²) in [7, 11) is 0. The zero-order valence-electron chi connectivity index (χ0n) is 14.2. The van der Waals surface area contributed by atoms with Gasteiger partial charge in [0.25, 0.3) is 0 Å². The predicted octanol–water partition coefficient (Wildman–Crippen LogP) is 5.11. The van der Waals surface area contributed by atoms with Crippen molar-refractivity contribution < 1.29 is 14.3 Å². The minimum Gasteiger partial charge on any atom is -0.489 e. The second-order valence-electron chi connectivity index (χ2n) is 5.19. The molecular weight excluding hydrogens is 399 g/mol. The number of carbonyl (C=O) groups is 1. The molecule has 1 amide bonds. The highest BCUT2D eigenvalue weighted by atomic mass is 35.5. The Morgan fingerprint density at radius 1 is 1.00 bits per heavy atom. The number of nitrogens with one attached hydrogen (secondary N) is 2. The molecule has 0 saturated heterocycles. The zero-order chi connectivity index (χ0) is 18.9. The van der Waals surface area contributed by atoms with Gasteiger partial charge in [0.05, 0.1) is 39.6 Å². The molecular formula is C18H19Cl3N2O3. The Hall–Kier alpha value is -1.66. The maximum atomic E-state index is 12.2. The van der Waals surface area contributed by atoms with Gasteiger partial charge in [0.2, 0.25) is 5.91 Å². The minimum absolute atomic E-state index is 0.00492. The zero-order valence-corrected chi connectivity index (χ0v) is 16.4. The van der Waals surface area contributed by atoms with E-state index in [2.05, 4.69) is 10.6 Å². The minimum atomic E-state index is -0.256. The highest BCUT2D eigenvalue weighted by molar-refractivity contribution is 6.44. The van der Waals surface area contributed by atoms with E-state index in [1.807, 2.05) is 19.1 Å². The molecule has 0 fully saturated rings. The van der Waals surface area contributed by atoms with Crippen LogP contribution in [0.1, 0.15) is 6.92 Å². The maximum Gasteiger partial charge on any atom is 0.243 e. The molecule has 2 N–H and O–H groups in total. The SMILES string of the molecule is CCOCCOc1ccccc1NC(=O)CNc1cc(Cl)c(Cl)cc1Cl. The molecule has 8 heteroatoms. The molecule has 2 aromatic carbocycles. The molecule has 2 rings (SSSR count). The number of para-hydroxylation sites is 2. The van der Waals surface area contributed by atoms with Crippen LogP contribution in [0.15, 0.2) is 36.4 Å². The molecule has 0 aliphatic carbocycles. The number of ether oxygens (including phenoxy) is 2. The van der Waals surface area contributed by atoms with Crippen LogP contribution in [-0.2, 0) is 9.53 Å². The van der Waals surface area contributed by atoms with Crippen LogP contribution >= 0.6 is 34.8 Å². The molecule has 0 spiro atoms. The fraction of sp³-hybridized carbons (Fsp3) is 0.278. The van der Waals surface area contributed by atoms with E-state index in [1.165, 1.54) is 6.07 Å². The Bertz CT molecular complexity index is 756. The summed E-state index contributed by atoms with van der Waals surface area (Å²) >= 11 is 17.9. The second-order valence-corrected chi connectivity index (χ2v) is 6.41. The van der Waals surface area contributed by atoms with Crippen molar-refractivity contribution in [2.75, 3.05) is 37.0 Å². The van der Waals surface area contributed by atoms with Crippen LogP contribution in [0.4, 0.5) is 11.4 Å². The third-order valence-electron chi connectivity index (χ3n) is 3.30. The van der Waals surface area contributed by atoms with Crippen LogP contribution in [0.5, 0.6) is 5.75 Å². The standard InChI is InChI=1S/C18H19Cl3N2O3/c1-2-25-7-8-26-17-6-4-3-5-15(17)23-18(24)11-22-16-10-13(20)12(19)9-14(16)21/h3-6,9-10,22H,2,7-8,11H2,1H3,(H,23,24). The normalized spacial score (nSPS) is 10.5. The lowest BCUT2D eigenvalue weighted by Crippen LogP contribution is -2.22. The quantitative estimate of drug-likeness (QED) is 0.439. The molecule has 140 valence electrons. The van der Waals surface area contributed by atoms with E-state index in [0.717, 1.165) is 0 Å². The lowest BCUT2D eigenvalue weighted by Gasteiger charge is -2.13. The van der Waals surface area contributed by atoms with Gasteiger partial charge in [0.15, 0.2) is 0 Å². The first-order valence-electron chi connectivity index (χ1n) is 7.99. The molecule has 26 heavy (non-hydrogen) atoms. The van der Waals surface area contributed by atoms with Crippen molar-refractivity contribution in [3.63, 3.8) is 0 Å². The number of halogens is 3. The van der Waals surface area contributed by atoms with Crippen LogP contribution in [-0.4, -0.2) is 32.3 Å². The number of benzene rings is 2. The van der Waals surface area contributed by atoms with E-state index >= 15 is 0 Å². The Kier molecular flexibility index (Phi) is 8.32. The summed E-state index contributed by atoms with van der Waals surface area (Å²) in [4.78, 5) is 12.2. The fourth-order valence-corrected chi connectivity index (χ4v) is 2.69. The number of rotatable bonds is 9. The Morgan fingerprint density at radius 3 is 2.50 bits per heavy atom. The average Bonchev–Trinajstić information content (AvgIpc) is 2.62. The molecule has 0 radical (unpaired) electrons. The van der Waals surface area contributed by atoms with E-state index in [-0.39, 0.29) is 12.5 Å². The van der Waals surface area contributed by atoms with E-state index in [0.29, 0.717) is 52.0 Å². The predicted molar refractivity (Wildman–Crippen MR) is 107 cm³/mol. The monoisotopic (exact) mass is 416 g/mol. The molecule has 0 atom stereocenters. The van der Waals surface area contributed by atoms with Gasteiger partial charge in [-0.05, 0) is 31.2 Å². The molecule has 5 nitrogen and oxygen atoms in total. The third kappa shape index (κ3) is 6.25. The lowest BCUT2D eigenvalue weighted by atomic mass is 10.3. The first kappa shape index (κ1) is 20.6. The van der Waals surface area contributed by atoms with Crippen LogP contribution in [0.2, 0.25) is 15.1 Å². The highest BCUT2D eigenvalue weighted by Crippen LogP contribution is 2.32. The molecule has 0 heterocycles. The van der Waals surface area contributed by atoms with Gasteiger partial charge in [0.1, 0.15) is 12.4 Å². The highest BCUT2D eigenvalue weighted by Gasteiger charge is 2.10. The van der Waals surface area contributed by atoms with E-state index in [4.69, 9.17) is 44.3 Å². The third-order valence-corrected chi connectivity index (χ3v) is 4.33. The summed E-state index contributed by atoms with van der Waals surface area (Å²) < 4.78 is 10.9. The molecule has 0 bridgehead atoms. The van der Waals surface area contributed by atoms with Crippen molar-refractivity contribution >= 4 is 52.1 Å². The van der Waals surface area contributed by atoms with Crippen molar-refractivity contribution in [1.82, 2.24) is 0 Å². The van der Waals surface area contributed by atoms with Gasteiger partial charge in [-0.3, -0.25) is 4.79 Å². The Morgan fingerprint density at radius 2 is 1.73 bits per heavy atom. The summed E-state index contributed by atoms with van der Waals surface area (Å²) in [5, 5.41) is 6.82. The van der Waals surface area contributed by atoms with E-state index < -0.39 is 0 Å². The Balaban J connectivity index is 1.93. The molecule has 0 aromatic heterocycles. The van der Waals surface area contributed by atoms with Gasteiger partial charge in [0, 0.05) is 6.61 Å². The van der Waals surface area contributed by atoms with Crippen molar-refractivity contribution in [2.45, 2.75) is 6.92 Å². The number of amides is 1. The van der Waals surface area contributed by atoms with Gasteiger partial charge in [-0.15, -0.1) is 0 Å². The van der Waals surface area contributed by atoms with E-state index in [1.54, 1.807) is 18.2 Å². The summed E-state index contributed by atoms with van der Waals surface area (Å²) in [6.07, 6.45) is 0. The molecule has 0 aliphatic rings. The summed E-state index contributed by atoms with van der Waals surface area (Å²) in [6.45, 7) is 3.44. The molecule has 0 saturated carbocycles. The molecule has 0 aliphatic heterocycles. The van der Waals surface area contributed by atoms with Gasteiger partial charge in [-0.1, -0.05) is 46.9 Å². The first-order valence-corrected chi connectivity index (χ1v) is 9.12. The van der Waals surface area contributed by atoms with Gasteiger partial charge in [-0.25, -0.2) is 0 Å². The average molecular weight is 418 g/mol. The Labute approximate surface area is 167 Å². The second kappa shape index (κ2) is 10.5. The fourth-order valence-electron chi connectivity index (χ4n) is 2.08. The van der Waals surface area contributed by atoms with Crippen LogP contribution in [0, 0.1) is 0 Å². The number of carbonyl (C=O) groups excluding carboxylic acids is 1. The summed E-state index contributed by atoms with van der Waals surface area (Å²) in [5.41, 5.74) is 1.11. The number of hydrogen-bond acceptors (Lipinski definition) is 4. The van der Waals surface area contributed by atoms with Crippen LogP contribution < -0.4 is 15.4 Å². The van der Waals surface area contributed by atoms with Gasteiger partial charge in [-0.2, -0.15) is 0 Å². The molecule has 0 unspecified atom stereocenters. The van der Waals surface area contributed by atoms with Gasteiger partial charge >= 0.3 is 0 Å². The number of hydrogen-bond donors (Lipinski definition) is 2. The summed E-state index contributed by atoms with van der Waals surface area (Å²) in [6, 6.07) is 10.3. The van der Waals surface area contributed by atoms with E-state index in [9.17, 15) is 4.79 Å². The summed E-state index contributed by atoms with van der Waals surface area (Å²) in [5.74, 6) is 0.320. The van der Waals surface area contributed by atoms with Crippen molar-refractivity contribution in [3.05, 3.63) is 51.5 Å². The van der Waals surface area contributed by atoms with Crippen molar-refractivity contribution in [2.24, 2.45) is 0 Å². The van der Waals surface area contributed by atoms with Crippen LogP contribution in [0.25, 0.3) is 0 Å². The van der Waals surface area contributed by atoms with Gasteiger partial charge < -0.3 is 20.1 Å². The van der Waals surface area contributed by atoms with Crippen molar-refractivity contribution in [3.8, 4) is 5.75 Å². The topological polar surface area (TPSA) is 59.6 Å². The van der Waals surface area contributed by atoms with Crippen molar-refractivity contribution in [1.29, 1.82) is 0 Å². The lowest BCUT2D eigenvalue weighted by molar-refractivity contribution is -0.114. The number of anilines is 2. The smallest absolute Gasteiger partial charge is 0.243 e.